The van der Waals surface area contributed by atoms with Gasteiger partial charge >= 0.3 is 0 Å². The summed E-state index contributed by atoms with van der Waals surface area (Å²) in [4.78, 5) is 6.76. The van der Waals surface area contributed by atoms with Crippen molar-refractivity contribution in [2.45, 2.75) is 24.9 Å². The number of benzene rings is 1. The second-order valence-electron chi connectivity index (χ2n) is 5.28. The van der Waals surface area contributed by atoms with Gasteiger partial charge in [0.15, 0.2) is 10.8 Å². The standard InChI is InChI=1S/C16H18N4O4S/c1-3-15-17-10-16(19-15)25(21,22)18-9-13-8-14(20-24-13)11-5-4-6-12(7-11)23-2/h4-8,10,18H,3,9H2,1-2H3,(H,17,19). The highest BCUT2D eigenvalue weighted by molar-refractivity contribution is 7.89. The van der Waals surface area contributed by atoms with Crippen LogP contribution in [0.25, 0.3) is 11.3 Å². The van der Waals surface area contributed by atoms with E-state index in [1.54, 1.807) is 13.2 Å². The highest BCUT2D eigenvalue weighted by Gasteiger charge is 2.18. The van der Waals surface area contributed by atoms with Crippen molar-refractivity contribution in [1.29, 1.82) is 0 Å². The van der Waals surface area contributed by atoms with Crippen LogP contribution >= 0.6 is 0 Å². The van der Waals surface area contributed by atoms with E-state index in [2.05, 4.69) is 19.8 Å². The molecule has 2 N–H and O–H groups in total. The number of nitrogens with one attached hydrogen (secondary N) is 2. The first kappa shape index (κ1) is 17.2. The van der Waals surface area contributed by atoms with Crippen LogP contribution in [0.15, 0.2) is 46.1 Å². The van der Waals surface area contributed by atoms with Gasteiger partial charge in [0.05, 0.1) is 19.9 Å². The van der Waals surface area contributed by atoms with Gasteiger partial charge in [0.1, 0.15) is 17.3 Å². The van der Waals surface area contributed by atoms with Crippen LogP contribution in [-0.4, -0.2) is 30.7 Å². The highest BCUT2D eigenvalue weighted by Crippen LogP contribution is 2.23. The van der Waals surface area contributed by atoms with Crippen molar-refractivity contribution < 1.29 is 17.7 Å². The third kappa shape index (κ3) is 3.89. The molecule has 132 valence electrons. The fourth-order valence-electron chi connectivity index (χ4n) is 2.22. The molecule has 3 aromatic rings. The molecule has 8 nitrogen and oxygen atoms in total. The number of aryl methyl sites for hydroxylation is 1. The van der Waals surface area contributed by atoms with Crippen LogP contribution in [0.4, 0.5) is 0 Å². The van der Waals surface area contributed by atoms with Gasteiger partial charge in [0.2, 0.25) is 0 Å². The molecule has 3 rings (SSSR count). The van der Waals surface area contributed by atoms with E-state index in [-0.39, 0.29) is 11.6 Å². The molecule has 0 bridgehead atoms. The van der Waals surface area contributed by atoms with Gasteiger partial charge in [-0.15, -0.1) is 0 Å². The van der Waals surface area contributed by atoms with Gasteiger partial charge in [-0.3, -0.25) is 0 Å². The lowest BCUT2D eigenvalue weighted by Crippen LogP contribution is -2.23. The molecular weight excluding hydrogens is 344 g/mol. The Balaban J connectivity index is 1.71. The number of rotatable bonds is 7. The van der Waals surface area contributed by atoms with Gasteiger partial charge in [0, 0.05) is 18.1 Å². The Labute approximate surface area is 145 Å². The van der Waals surface area contributed by atoms with Gasteiger partial charge in [0.25, 0.3) is 10.0 Å². The number of imidazole rings is 1. The number of ether oxygens (including phenoxy) is 1. The Morgan fingerprint density at radius 2 is 2.16 bits per heavy atom. The van der Waals surface area contributed by atoms with Crippen molar-refractivity contribution in [2.24, 2.45) is 0 Å². The molecule has 25 heavy (non-hydrogen) atoms. The Morgan fingerprint density at radius 1 is 1.32 bits per heavy atom. The van der Waals surface area contributed by atoms with Crippen molar-refractivity contribution in [3.63, 3.8) is 0 Å². The van der Waals surface area contributed by atoms with E-state index in [1.807, 2.05) is 31.2 Å². The predicted molar refractivity (Wildman–Crippen MR) is 90.5 cm³/mol. The third-order valence-electron chi connectivity index (χ3n) is 3.59. The van der Waals surface area contributed by atoms with Crippen molar-refractivity contribution in [3.05, 3.63) is 48.1 Å². The minimum absolute atomic E-state index is 0.0141. The average Bonchev–Trinajstić information content (AvgIpc) is 3.30. The van der Waals surface area contributed by atoms with Gasteiger partial charge in [-0.05, 0) is 12.1 Å². The molecule has 0 radical (unpaired) electrons. The molecule has 0 aliphatic rings. The van der Waals surface area contributed by atoms with Crippen molar-refractivity contribution in [3.8, 4) is 17.0 Å². The molecule has 0 aliphatic heterocycles. The molecule has 0 fully saturated rings. The molecule has 0 saturated heterocycles. The van der Waals surface area contributed by atoms with Gasteiger partial charge in [-0.1, -0.05) is 24.2 Å². The Bertz CT molecular complexity index is 962. The number of H-pyrrole nitrogens is 1. The number of aromatic nitrogens is 3. The number of hydrogen-bond acceptors (Lipinski definition) is 6. The summed E-state index contributed by atoms with van der Waals surface area (Å²) in [6.07, 6.45) is 1.92. The first-order valence-electron chi connectivity index (χ1n) is 7.65. The van der Waals surface area contributed by atoms with Gasteiger partial charge in [-0.2, -0.15) is 0 Å². The van der Waals surface area contributed by atoms with Crippen LogP contribution in [0.2, 0.25) is 0 Å². The predicted octanol–water partition coefficient (Wildman–Crippen LogP) is 2.11. The minimum Gasteiger partial charge on any atom is -0.497 e. The van der Waals surface area contributed by atoms with E-state index < -0.39 is 10.0 Å². The topological polar surface area (TPSA) is 110 Å². The van der Waals surface area contributed by atoms with Crippen LogP contribution in [0.1, 0.15) is 18.5 Å². The largest absolute Gasteiger partial charge is 0.497 e. The fourth-order valence-corrected chi connectivity index (χ4v) is 3.15. The lowest BCUT2D eigenvalue weighted by molar-refractivity contribution is 0.382. The Morgan fingerprint density at radius 3 is 2.88 bits per heavy atom. The monoisotopic (exact) mass is 362 g/mol. The van der Waals surface area contributed by atoms with Crippen LogP contribution < -0.4 is 9.46 Å². The zero-order chi connectivity index (χ0) is 17.9. The molecule has 9 heteroatoms. The summed E-state index contributed by atoms with van der Waals surface area (Å²) >= 11 is 0. The summed E-state index contributed by atoms with van der Waals surface area (Å²) in [6.45, 7) is 1.87. The van der Waals surface area contributed by atoms with Crippen molar-refractivity contribution >= 4 is 10.0 Å². The van der Waals surface area contributed by atoms with E-state index in [9.17, 15) is 8.42 Å². The Kier molecular flexibility index (Phi) is 4.86. The summed E-state index contributed by atoms with van der Waals surface area (Å²) in [5, 5.41) is 3.99. The van der Waals surface area contributed by atoms with Crippen molar-refractivity contribution in [2.75, 3.05) is 7.11 Å². The van der Waals surface area contributed by atoms with Crippen molar-refractivity contribution in [1.82, 2.24) is 19.8 Å². The average molecular weight is 362 g/mol. The molecule has 0 atom stereocenters. The Hall–Kier alpha value is -2.65. The summed E-state index contributed by atoms with van der Waals surface area (Å²) in [7, 11) is -2.10. The molecule has 2 heterocycles. The first-order chi connectivity index (χ1) is 12.0. The summed E-state index contributed by atoms with van der Waals surface area (Å²) < 4.78 is 37.3. The molecule has 1 aromatic carbocycles. The number of sulfonamides is 1. The minimum atomic E-state index is -3.69. The molecule has 2 aromatic heterocycles. The first-order valence-corrected chi connectivity index (χ1v) is 9.13. The van der Waals surface area contributed by atoms with Crippen LogP contribution in [0, 0.1) is 0 Å². The lowest BCUT2D eigenvalue weighted by atomic mass is 10.1. The molecule has 0 aliphatic carbocycles. The smallest absolute Gasteiger partial charge is 0.258 e. The maximum Gasteiger partial charge on any atom is 0.258 e. The quantitative estimate of drug-likeness (QED) is 0.666. The second kappa shape index (κ2) is 7.08. The fraction of sp³-hybridized carbons (Fsp3) is 0.250. The van der Waals surface area contributed by atoms with Gasteiger partial charge in [-0.25, -0.2) is 18.1 Å². The number of hydrogen-bond donors (Lipinski definition) is 2. The lowest BCUT2D eigenvalue weighted by Gasteiger charge is -2.01. The van der Waals surface area contributed by atoms with Crippen LogP contribution in [0.5, 0.6) is 5.75 Å². The second-order valence-corrected chi connectivity index (χ2v) is 7.02. The summed E-state index contributed by atoms with van der Waals surface area (Å²) in [5.74, 6) is 1.71. The maximum absolute atomic E-state index is 12.2. The number of nitrogens with zero attached hydrogens (tertiary/aromatic N) is 2. The van der Waals surface area contributed by atoms with E-state index in [4.69, 9.17) is 9.26 Å². The summed E-state index contributed by atoms with van der Waals surface area (Å²) in [6, 6.07) is 9.04. The molecule has 0 saturated carbocycles. The summed E-state index contributed by atoms with van der Waals surface area (Å²) in [5.41, 5.74) is 1.42. The van der Waals surface area contributed by atoms with E-state index >= 15 is 0 Å². The SMILES string of the molecule is CCc1ncc(S(=O)(=O)NCc2cc(-c3cccc(OC)c3)no2)[nH]1. The van der Waals surface area contributed by atoms with Gasteiger partial charge < -0.3 is 14.2 Å². The number of aromatic amines is 1. The normalized spacial score (nSPS) is 11.6. The van der Waals surface area contributed by atoms with Crippen LogP contribution in [-0.2, 0) is 23.0 Å². The zero-order valence-corrected chi connectivity index (χ0v) is 14.6. The van der Waals surface area contributed by atoms with Crippen LogP contribution in [0.3, 0.4) is 0 Å². The van der Waals surface area contributed by atoms with E-state index in [0.29, 0.717) is 29.4 Å². The third-order valence-corrected chi connectivity index (χ3v) is 4.90. The molecule has 0 amide bonds. The molecular formula is C16H18N4O4S. The maximum atomic E-state index is 12.2. The highest BCUT2D eigenvalue weighted by atomic mass is 32.2. The number of methoxy groups -OCH3 is 1. The van der Waals surface area contributed by atoms with E-state index in [1.165, 1.54) is 6.20 Å². The molecule has 0 spiro atoms. The molecule has 0 unspecified atom stereocenters. The zero-order valence-electron chi connectivity index (χ0n) is 13.8. The van der Waals surface area contributed by atoms with E-state index in [0.717, 1.165) is 5.56 Å².